The molecule has 2 aromatic carbocycles. The highest BCUT2D eigenvalue weighted by Gasteiger charge is 2.20. The second kappa shape index (κ2) is 8.17. The Kier molecular flexibility index (Phi) is 5.46. The van der Waals surface area contributed by atoms with Crippen molar-refractivity contribution in [3.63, 3.8) is 0 Å². The first-order valence-corrected chi connectivity index (χ1v) is 9.86. The molecule has 1 saturated heterocycles. The Morgan fingerprint density at radius 3 is 2.79 bits per heavy atom. The molecule has 3 aromatic rings. The van der Waals surface area contributed by atoms with Crippen molar-refractivity contribution in [3.05, 3.63) is 65.9 Å². The van der Waals surface area contributed by atoms with Gasteiger partial charge in [-0.1, -0.05) is 18.2 Å². The van der Waals surface area contributed by atoms with Gasteiger partial charge in [0, 0.05) is 36.4 Å². The Morgan fingerprint density at radius 2 is 2.07 bits per heavy atom. The van der Waals surface area contributed by atoms with Crippen LogP contribution >= 0.6 is 0 Å². The predicted molar refractivity (Wildman–Crippen MR) is 112 cm³/mol. The molecule has 0 bridgehead atoms. The molecule has 4 rings (SSSR count). The third-order valence-electron chi connectivity index (χ3n) is 5.66. The molecule has 5 heteroatoms. The van der Waals surface area contributed by atoms with Crippen LogP contribution in [0.25, 0.3) is 16.6 Å². The van der Waals surface area contributed by atoms with E-state index in [4.69, 9.17) is 4.74 Å². The molecular weight excluding hydrogens is 350 g/mol. The third kappa shape index (κ3) is 3.68. The molecule has 146 valence electrons. The zero-order valence-corrected chi connectivity index (χ0v) is 16.5. The molecule has 1 fully saturated rings. The van der Waals surface area contributed by atoms with Crippen molar-refractivity contribution in [3.8, 4) is 5.69 Å². The summed E-state index contributed by atoms with van der Waals surface area (Å²) < 4.78 is 7.14. The van der Waals surface area contributed by atoms with Crippen molar-refractivity contribution in [1.82, 2.24) is 14.8 Å². The average molecular weight is 377 g/mol. The number of carbonyl (C=O) groups is 1. The summed E-state index contributed by atoms with van der Waals surface area (Å²) in [4.78, 5) is 14.5. The van der Waals surface area contributed by atoms with Crippen molar-refractivity contribution < 1.29 is 9.53 Å². The molecule has 1 aromatic heterocycles. The summed E-state index contributed by atoms with van der Waals surface area (Å²) in [6.45, 7) is 2.98. The molecule has 0 amide bonds. The number of rotatable bonds is 5. The van der Waals surface area contributed by atoms with Crippen LogP contribution < -0.4 is 5.32 Å². The Labute approximate surface area is 165 Å². The van der Waals surface area contributed by atoms with E-state index in [1.165, 1.54) is 25.5 Å². The number of esters is 1. The fourth-order valence-electron chi connectivity index (χ4n) is 4.08. The van der Waals surface area contributed by atoms with Gasteiger partial charge < -0.3 is 14.6 Å². The molecule has 1 aliphatic heterocycles. The van der Waals surface area contributed by atoms with Crippen LogP contribution in [0.3, 0.4) is 0 Å². The van der Waals surface area contributed by atoms with E-state index in [9.17, 15) is 4.79 Å². The lowest BCUT2D eigenvalue weighted by atomic mass is 10.0. The normalized spacial score (nSPS) is 17.2. The zero-order valence-electron chi connectivity index (χ0n) is 16.5. The Hall–Kier alpha value is -2.63. The monoisotopic (exact) mass is 377 g/mol. The highest BCUT2D eigenvalue weighted by atomic mass is 16.5. The van der Waals surface area contributed by atoms with Crippen molar-refractivity contribution in [2.75, 3.05) is 27.2 Å². The van der Waals surface area contributed by atoms with Crippen LogP contribution in [0.1, 0.15) is 28.8 Å². The van der Waals surface area contributed by atoms with E-state index in [1.54, 1.807) is 0 Å². The minimum atomic E-state index is -0.301. The van der Waals surface area contributed by atoms with Gasteiger partial charge in [0.2, 0.25) is 0 Å². The molecule has 1 atom stereocenters. The first kappa shape index (κ1) is 18.7. The maximum absolute atomic E-state index is 12.1. The molecule has 0 saturated carbocycles. The van der Waals surface area contributed by atoms with E-state index < -0.39 is 0 Å². The van der Waals surface area contributed by atoms with Gasteiger partial charge in [-0.05, 0) is 62.3 Å². The van der Waals surface area contributed by atoms with E-state index >= 15 is 0 Å². The van der Waals surface area contributed by atoms with Gasteiger partial charge in [0.1, 0.15) is 0 Å². The number of nitrogens with one attached hydrogen (secondary N) is 1. The molecule has 0 radical (unpaired) electrons. The summed E-state index contributed by atoms with van der Waals surface area (Å²) in [5, 5.41) is 4.59. The number of ether oxygens (including phenoxy) is 1. The van der Waals surface area contributed by atoms with Gasteiger partial charge in [0.25, 0.3) is 0 Å². The number of hydrogen-bond donors (Lipinski definition) is 1. The number of methoxy groups -OCH3 is 1. The SMILES string of the molecule is COC(=O)c1ccc2c(c1)c(CN(C)C1CCCNC1)cn2-c1ccccc1. The smallest absolute Gasteiger partial charge is 0.337 e. The zero-order chi connectivity index (χ0) is 19.5. The van der Waals surface area contributed by atoms with Crippen LogP contribution in [-0.4, -0.2) is 48.7 Å². The summed E-state index contributed by atoms with van der Waals surface area (Å²) in [6.07, 6.45) is 4.63. The molecule has 1 N–H and O–H groups in total. The fourth-order valence-corrected chi connectivity index (χ4v) is 4.08. The topological polar surface area (TPSA) is 46.5 Å². The van der Waals surface area contributed by atoms with E-state index in [-0.39, 0.29) is 5.97 Å². The Morgan fingerprint density at radius 1 is 1.25 bits per heavy atom. The van der Waals surface area contributed by atoms with Crippen LogP contribution in [0, 0.1) is 0 Å². The van der Waals surface area contributed by atoms with Gasteiger partial charge in [0.05, 0.1) is 18.2 Å². The van der Waals surface area contributed by atoms with E-state index in [1.807, 2.05) is 36.4 Å². The van der Waals surface area contributed by atoms with Gasteiger partial charge in [0.15, 0.2) is 0 Å². The summed E-state index contributed by atoms with van der Waals surface area (Å²) in [6, 6.07) is 16.7. The summed E-state index contributed by atoms with van der Waals surface area (Å²) >= 11 is 0. The second-order valence-corrected chi connectivity index (χ2v) is 7.50. The number of likely N-dealkylation sites (N-methyl/N-ethyl adjacent to an activating group) is 1. The lowest BCUT2D eigenvalue weighted by Gasteiger charge is -2.31. The third-order valence-corrected chi connectivity index (χ3v) is 5.66. The van der Waals surface area contributed by atoms with Crippen LogP contribution in [0.15, 0.2) is 54.7 Å². The van der Waals surface area contributed by atoms with Crippen molar-refractivity contribution in [1.29, 1.82) is 0 Å². The molecule has 0 spiro atoms. The largest absolute Gasteiger partial charge is 0.465 e. The van der Waals surface area contributed by atoms with E-state index in [0.29, 0.717) is 11.6 Å². The molecule has 28 heavy (non-hydrogen) atoms. The average Bonchev–Trinajstić information content (AvgIpc) is 3.12. The van der Waals surface area contributed by atoms with Crippen molar-refractivity contribution in [2.45, 2.75) is 25.4 Å². The lowest BCUT2D eigenvalue weighted by Crippen LogP contribution is -2.43. The highest BCUT2D eigenvalue weighted by molar-refractivity contribution is 5.96. The molecule has 1 aliphatic rings. The van der Waals surface area contributed by atoms with Crippen molar-refractivity contribution >= 4 is 16.9 Å². The maximum Gasteiger partial charge on any atom is 0.337 e. The molecule has 1 unspecified atom stereocenters. The maximum atomic E-state index is 12.1. The first-order chi connectivity index (χ1) is 13.7. The molecular formula is C23H27N3O2. The summed E-state index contributed by atoms with van der Waals surface area (Å²) in [5.41, 5.74) is 4.03. The summed E-state index contributed by atoms with van der Waals surface area (Å²) in [5.74, 6) is -0.301. The predicted octanol–water partition coefficient (Wildman–Crippen LogP) is 3.60. The number of benzene rings is 2. The molecule has 2 heterocycles. The number of aromatic nitrogens is 1. The summed E-state index contributed by atoms with van der Waals surface area (Å²) in [7, 11) is 3.61. The van der Waals surface area contributed by atoms with Crippen LogP contribution in [-0.2, 0) is 11.3 Å². The van der Waals surface area contributed by atoms with E-state index in [2.05, 4.69) is 40.2 Å². The Balaban J connectivity index is 1.75. The minimum Gasteiger partial charge on any atom is -0.465 e. The standard InChI is InChI=1S/C23H27N3O2/c1-25(20-9-6-12-24-14-20)15-18-16-26(19-7-4-3-5-8-19)22-11-10-17(13-21(18)22)23(27)28-2/h3-5,7-8,10-11,13,16,20,24H,6,9,12,14-15H2,1-2H3. The van der Waals surface area contributed by atoms with Gasteiger partial charge in [-0.3, -0.25) is 4.90 Å². The lowest BCUT2D eigenvalue weighted by molar-refractivity contribution is 0.0601. The van der Waals surface area contributed by atoms with Gasteiger partial charge in [-0.15, -0.1) is 0 Å². The van der Waals surface area contributed by atoms with Crippen LogP contribution in [0.4, 0.5) is 0 Å². The van der Waals surface area contributed by atoms with Crippen LogP contribution in [0.2, 0.25) is 0 Å². The Bertz CT molecular complexity index is 959. The van der Waals surface area contributed by atoms with Gasteiger partial charge in [-0.2, -0.15) is 0 Å². The number of fused-ring (bicyclic) bond motifs is 1. The quantitative estimate of drug-likeness (QED) is 0.690. The van der Waals surface area contributed by atoms with Gasteiger partial charge in [-0.25, -0.2) is 4.79 Å². The number of piperidine rings is 1. The second-order valence-electron chi connectivity index (χ2n) is 7.50. The number of para-hydroxylation sites is 1. The van der Waals surface area contributed by atoms with Crippen LogP contribution in [0.5, 0.6) is 0 Å². The van der Waals surface area contributed by atoms with Gasteiger partial charge >= 0.3 is 5.97 Å². The first-order valence-electron chi connectivity index (χ1n) is 9.86. The highest BCUT2D eigenvalue weighted by Crippen LogP contribution is 2.28. The van der Waals surface area contributed by atoms with Crippen molar-refractivity contribution in [2.24, 2.45) is 0 Å². The minimum absolute atomic E-state index is 0.301. The number of nitrogens with zero attached hydrogens (tertiary/aromatic N) is 2. The number of hydrogen-bond acceptors (Lipinski definition) is 4. The van der Waals surface area contributed by atoms with E-state index in [0.717, 1.165) is 36.2 Å². The molecule has 5 nitrogen and oxygen atoms in total. The molecule has 0 aliphatic carbocycles. The number of carbonyl (C=O) groups excluding carboxylic acids is 1. The fraction of sp³-hybridized carbons (Fsp3) is 0.348.